The molecule has 0 radical (unpaired) electrons. The summed E-state index contributed by atoms with van der Waals surface area (Å²) in [5.74, 6) is -1.91. The lowest BCUT2D eigenvalue weighted by Crippen LogP contribution is -2.70. The first-order valence-corrected chi connectivity index (χ1v) is 19.4. The van der Waals surface area contributed by atoms with Gasteiger partial charge >= 0.3 is 12.2 Å². The molecule has 0 spiro atoms. The summed E-state index contributed by atoms with van der Waals surface area (Å²) >= 11 is 0.769. The number of halogens is 2. The lowest BCUT2D eigenvalue weighted by atomic mass is 9.86. The van der Waals surface area contributed by atoms with E-state index in [1.165, 1.54) is 6.92 Å². The fraction of sp³-hybridized carbons (Fsp3) is 0.486. The largest absolute Gasteiger partial charge is 0.444 e. The Labute approximate surface area is 308 Å². The average molecular weight is 770 g/mol. The molecule has 7 rings (SSSR count). The molecule has 1 N–H and O–H groups in total. The van der Waals surface area contributed by atoms with Crippen molar-refractivity contribution in [2.24, 2.45) is 0 Å². The molecule has 3 aliphatic heterocycles. The van der Waals surface area contributed by atoms with E-state index >= 15 is 8.78 Å². The van der Waals surface area contributed by atoms with E-state index in [4.69, 9.17) is 14.2 Å². The second kappa shape index (κ2) is 12.7. The zero-order valence-corrected chi connectivity index (χ0v) is 31.7. The normalized spacial score (nSPS) is 18.5. The minimum atomic E-state index is -4.07. The number of piperazine rings is 1. The molecule has 2 unspecified atom stereocenters. The molecule has 1 aromatic carbocycles. The van der Waals surface area contributed by atoms with Gasteiger partial charge in [-0.05, 0) is 59.1 Å². The number of likely N-dealkylation sites (tertiary alicyclic amines) is 1. The van der Waals surface area contributed by atoms with Crippen molar-refractivity contribution >= 4 is 65.2 Å². The summed E-state index contributed by atoms with van der Waals surface area (Å²) in [5, 5.41) is 12.4. The van der Waals surface area contributed by atoms with E-state index in [-0.39, 0.29) is 92.8 Å². The van der Waals surface area contributed by atoms with E-state index in [1.54, 1.807) is 46.4 Å². The number of sulfone groups is 1. The van der Waals surface area contributed by atoms with Crippen LogP contribution in [0.3, 0.4) is 0 Å². The van der Waals surface area contributed by atoms with Gasteiger partial charge in [-0.2, -0.15) is 5.26 Å². The van der Waals surface area contributed by atoms with Crippen molar-refractivity contribution in [2.75, 3.05) is 29.1 Å². The minimum absolute atomic E-state index is 0.00686. The second-order valence-corrected chi connectivity index (χ2v) is 18.3. The first kappa shape index (κ1) is 36.6. The van der Waals surface area contributed by atoms with Crippen LogP contribution >= 0.6 is 11.3 Å². The van der Waals surface area contributed by atoms with Crippen LogP contribution in [0.4, 0.5) is 29.2 Å². The van der Waals surface area contributed by atoms with Crippen LogP contribution in [0.15, 0.2) is 11.4 Å². The van der Waals surface area contributed by atoms with Gasteiger partial charge in [0.15, 0.2) is 11.6 Å². The van der Waals surface area contributed by atoms with E-state index in [1.807, 2.05) is 11.0 Å². The number of piperidine rings is 1. The fourth-order valence-corrected chi connectivity index (χ4v) is 8.73. The molecule has 53 heavy (non-hydrogen) atoms. The summed E-state index contributed by atoms with van der Waals surface area (Å²) in [6.45, 7) is 12.2. The van der Waals surface area contributed by atoms with E-state index < -0.39 is 50.0 Å². The van der Waals surface area contributed by atoms with Crippen LogP contribution < -0.4 is 10.2 Å². The Morgan fingerprint density at radius 1 is 1.06 bits per heavy atom. The maximum absolute atomic E-state index is 17.4. The number of thiophene rings is 1. The lowest BCUT2D eigenvalue weighted by molar-refractivity contribution is 0.00843. The van der Waals surface area contributed by atoms with Crippen LogP contribution in [-0.4, -0.2) is 82.6 Å². The third-order valence-electron chi connectivity index (χ3n) is 9.14. The molecule has 280 valence electrons. The molecule has 18 heteroatoms. The van der Waals surface area contributed by atoms with Gasteiger partial charge in [0.1, 0.15) is 33.6 Å². The Kier molecular flexibility index (Phi) is 8.77. The molecule has 14 nitrogen and oxygen atoms in total. The number of rotatable bonds is 5. The van der Waals surface area contributed by atoms with Crippen LogP contribution in [0, 0.1) is 23.0 Å². The molecule has 2 fully saturated rings. The quantitative estimate of drug-likeness (QED) is 0.221. The molecule has 0 aliphatic carbocycles. The number of carbonyl (C=O) groups excluding carboxylic acids is 2. The molecule has 3 aliphatic rings. The summed E-state index contributed by atoms with van der Waals surface area (Å²) in [5.41, 5.74) is -1.44. The van der Waals surface area contributed by atoms with Crippen molar-refractivity contribution in [2.45, 2.75) is 96.5 Å². The van der Waals surface area contributed by atoms with Crippen LogP contribution in [0.25, 0.3) is 32.2 Å². The minimum Gasteiger partial charge on any atom is -0.444 e. The number of hydrogen-bond donors (Lipinski definition) is 1. The number of nitrogens with one attached hydrogen (secondary N) is 1. The Hall–Kier alpha value is -4.73. The highest BCUT2D eigenvalue weighted by atomic mass is 32.2. The molecular weight excluding hydrogens is 733 g/mol. The van der Waals surface area contributed by atoms with E-state index in [2.05, 4.69) is 20.3 Å². The first-order valence-electron chi connectivity index (χ1n) is 16.9. The van der Waals surface area contributed by atoms with Crippen molar-refractivity contribution in [1.82, 2.24) is 19.9 Å². The lowest BCUT2D eigenvalue weighted by Gasteiger charge is -2.56. The Bertz CT molecular complexity index is 2370. The van der Waals surface area contributed by atoms with E-state index in [0.29, 0.717) is 17.5 Å². The van der Waals surface area contributed by atoms with E-state index in [9.17, 15) is 23.3 Å². The third-order valence-corrected chi connectivity index (χ3v) is 11.7. The zero-order chi connectivity index (χ0) is 38.4. The van der Waals surface area contributed by atoms with Gasteiger partial charge in [0, 0.05) is 24.0 Å². The molecule has 6 heterocycles. The Morgan fingerprint density at radius 2 is 1.72 bits per heavy atom. The van der Waals surface area contributed by atoms with Gasteiger partial charge < -0.3 is 24.0 Å². The number of anilines is 2. The summed E-state index contributed by atoms with van der Waals surface area (Å²) in [4.78, 5) is 42.3. The number of fused-ring (bicyclic) bond motifs is 6. The topological polar surface area (TPSA) is 177 Å². The van der Waals surface area contributed by atoms with Gasteiger partial charge in [-0.15, -0.1) is 11.3 Å². The highest BCUT2D eigenvalue weighted by molar-refractivity contribution is 7.91. The van der Waals surface area contributed by atoms with Gasteiger partial charge in [-0.1, -0.05) is 6.92 Å². The highest BCUT2D eigenvalue weighted by Gasteiger charge is 2.49. The van der Waals surface area contributed by atoms with Crippen LogP contribution in [0.1, 0.15) is 71.6 Å². The standard InChI is InChI=1S/C35H37F2N7O7S2/c1-8-53(47,48)31-40-27-24(29(41-31)44-16-9-17(44)13-43(12-16)33(46)51-35(5,6)7)20-15-49-14-19(20)22(25(27)37)26-23-18(10-38)30(42-32(45)50-34(2,3)4)52-28(23)21(36)11-39-26/h11,16-17H,8-9,12-15H2,1-7H3,(H,42,45). The maximum Gasteiger partial charge on any atom is 0.412 e. The number of nitrogens with zero attached hydrogens (tertiary/aromatic N) is 6. The molecule has 3 aromatic heterocycles. The number of benzene rings is 1. The monoisotopic (exact) mass is 769 g/mol. The number of nitriles is 1. The molecule has 2 atom stereocenters. The van der Waals surface area contributed by atoms with Gasteiger partial charge in [0.2, 0.25) is 15.0 Å². The maximum atomic E-state index is 17.4. The summed E-state index contributed by atoms with van der Waals surface area (Å²) < 4.78 is 76.1. The second-order valence-electron chi connectivity index (χ2n) is 15.1. The summed E-state index contributed by atoms with van der Waals surface area (Å²) in [6.07, 6.45) is 0.243. The molecule has 2 bridgehead atoms. The summed E-state index contributed by atoms with van der Waals surface area (Å²) in [7, 11) is -4.07. The van der Waals surface area contributed by atoms with Crippen LogP contribution in [0.5, 0.6) is 0 Å². The van der Waals surface area contributed by atoms with Crippen molar-refractivity contribution in [3.8, 4) is 17.3 Å². The fourth-order valence-electron chi connectivity index (χ4n) is 6.98. The molecular formula is C35H37F2N7O7S2. The number of ether oxygens (including phenoxy) is 3. The highest BCUT2D eigenvalue weighted by Crippen LogP contribution is 2.49. The van der Waals surface area contributed by atoms with E-state index in [0.717, 1.165) is 17.5 Å². The van der Waals surface area contributed by atoms with Crippen molar-refractivity contribution < 1.29 is 41.0 Å². The smallest absolute Gasteiger partial charge is 0.412 e. The number of amides is 2. The first-order chi connectivity index (χ1) is 24.8. The van der Waals surface area contributed by atoms with Crippen molar-refractivity contribution in [1.29, 1.82) is 5.26 Å². The molecule has 4 aromatic rings. The number of pyridine rings is 1. The predicted octanol–water partition coefficient (Wildman–Crippen LogP) is 6.43. The zero-order valence-electron chi connectivity index (χ0n) is 30.1. The number of aromatic nitrogens is 3. The SMILES string of the molecule is CCS(=O)(=O)c1nc(N2C3CC2CN(C(=O)OC(C)(C)C)C3)c2c3c(c(-c4ncc(F)c5sc(NC(=O)OC(C)(C)C)c(C#N)c45)c(F)c2n1)COC3. The van der Waals surface area contributed by atoms with Crippen LogP contribution in [-0.2, 0) is 37.3 Å². The predicted molar refractivity (Wildman–Crippen MR) is 191 cm³/mol. The Morgan fingerprint density at radius 3 is 2.34 bits per heavy atom. The van der Waals surface area contributed by atoms with Crippen molar-refractivity contribution in [3.63, 3.8) is 0 Å². The van der Waals surface area contributed by atoms with Crippen LogP contribution in [0.2, 0.25) is 0 Å². The van der Waals surface area contributed by atoms with Gasteiger partial charge in [-0.3, -0.25) is 10.3 Å². The van der Waals surface area contributed by atoms with Crippen molar-refractivity contribution in [3.05, 3.63) is 34.5 Å². The van der Waals surface area contributed by atoms with Gasteiger partial charge in [0.05, 0.1) is 58.6 Å². The van der Waals surface area contributed by atoms with Gasteiger partial charge in [0.25, 0.3) is 0 Å². The average Bonchev–Trinajstić information content (AvgIpc) is 3.69. The number of hydrogen-bond acceptors (Lipinski definition) is 13. The molecule has 2 amide bonds. The Balaban J connectivity index is 1.42. The van der Waals surface area contributed by atoms with Gasteiger partial charge in [-0.25, -0.2) is 36.8 Å². The number of carbonyl (C=O) groups is 2. The molecule has 0 saturated carbocycles. The third kappa shape index (κ3) is 6.38. The summed E-state index contributed by atoms with van der Waals surface area (Å²) in [6, 6.07) is 1.47. The molecule has 2 saturated heterocycles.